The molecule has 2 aromatic rings. The number of ether oxygens (including phenoxy) is 1. The van der Waals surface area contributed by atoms with E-state index in [4.69, 9.17) is 33.7 Å². The fourth-order valence-corrected chi connectivity index (χ4v) is 2.05. The van der Waals surface area contributed by atoms with Crippen LogP contribution in [-0.2, 0) is 6.61 Å². The normalized spacial score (nSPS) is 10.6. The van der Waals surface area contributed by atoms with Crippen molar-refractivity contribution in [3.05, 3.63) is 63.6 Å². The van der Waals surface area contributed by atoms with Crippen LogP contribution < -0.4 is 15.9 Å². The van der Waals surface area contributed by atoms with Crippen LogP contribution >= 0.6 is 35.4 Å². The molecule has 0 spiro atoms. The average Bonchev–Trinajstić information content (AvgIpc) is 2.49. The Kier molecular flexibility index (Phi) is 6.00. The third kappa shape index (κ3) is 4.87. The lowest BCUT2D eigenvalue weighted by Gasteiger charge is -2.09. The maximum atomic E-state index is 5.98. The van der Waals surface area contributed by atoms with Crippen molar-refractivity contribution in [2.45, 2.75) is 6.61 Å². The highest BCUT2D eigenvalue weighted by molar-refractivity contribution is 7.80. The molecule has 0 fully saturated rings. The quantitative estimate of drug-likeness (QED) is 0.488. The van der Waals surface area contributed by atoms with E-state index in [1.807, 2.05) is 30.3 Å². The zero-order chi connectivity index (χ0) is 15.9. The number of hydrogen-bond donors (Lipinski definition) is 2. The lowest BCUT2D eigenvalue weighted by atomic mass is 10.2. The number of hydrogen-bond acceptors (Lipinski definition) is 3. The predicted octanol–water partition coefficient (Wildman–Crippen LogP) is 3.74. The summed E-state index contributed by atoms with van der Waals surface area (Å²) in [6.07, 6.45) is 1.59. The zero-order valence-corrected chi connectivity index (χ0v) is 13.8. The van der Waals surface area contributed by atoms with E-state index in [1.54, 1.807) is 18.3 Å². The van der Waals surface area contributed by atoms with Crippen LogP contribution in [0.4, 0.5) is 0 Å². The van der Waals surface area contributed by atoms with Gasteiger partial charge >= 0.3 is 0 Å². The van der Waals surface area contributed by atoms with Gasteiger partial charge in [-0.3, -0.25) is 5.43 Å². The number of nitrogens with zero attached hydrogens (tertiary/aromatic N) is 1. The first kappa shape index (κ1) is 16.5. The van der Waals surface area contributed by atoms with Crippen molar-refractivity contribution in [1.82, 2.24) is 5.43 Å². The molecule has 0 aliphatic heterocycles. The van der Waals surface area contributed by atoms with E-state index in [0.29, 0.717) is 22.4 Å². The standard InChI is InChI=1S/C15H13Cl2N3OS/c16-12-6-5-10(7-13(12)17)9-21-14-4-2-1-3-11(14)8-19-20-15(18)22/h1-8H,9H2,(H3,18,20,22)/b19-8-. The van der Waals surface area contributed by atoms with Crippen LogP contribution in [0.5, 0.6) is 5.75 Å². The van der Waals surface area contributed by atoms with Gasteiger partial charge in [0.05, 0.1) is 16.3 Å². The fraction of sp³-hybridized carbons (Fsp3) is 0.0667. The Labute approximate surface area is 143 Å². The number of hydrazone groups is 1. The van der Waals surface area contributed by atoms with Crippen molar-refractivity contribution in [1.29, 1.82) is 0 Å². The first-order chi connectivity index (χ1) is 10.6. The van der Waals surface area contributed by atoms with Crippen LogP contribution in [0, 0.1) is 0 Å². The zero-order valence-electron chi connectivity index (χ0n) is 11.4. The molecule has 0 saturated carbocycles. The topological polar surface area (TPSA) is 59.6 Å². The summed E-state index contributed by atoms with van der Waals surface area (Å²) in [5.74, 6) is 0.682. The van der Waals surface area contributed by atoms with Gasteiger partial charge in [0.2, 0.25) is 0 Å². The third-order valence-corrected chi connectivity index (χ3v) is 3.51. The minimum atomic E-state index is 0.102. The molecule has 0 bridgehead atoms. The highest BCUT2D eigenvalue weighted by Gasteiger charge is 2.03. The van der Waals surface area contributed by atoms with Gasteiger partial charge in [-0.25, -0.2) is 0 Å². The molecule has 22 heavy (non-hydrogen) atoms. The molecule has 7 heteroatoms. The molecule has 0 heterocycles. The smallest absolute Gasteiger partial charge is 0.184 e. The van der Waals surface area contributed by atoms with Crippen molar-refractivity contribution < 1.29 is 4.74 Å². The Morgan fingerprint density at radius 3 is 2.73 bits per heavy atom. The summed E-state index contributed by atoms with van der Waals surface area (Å²) in [5, 5.41) is 5.04. The second-order valence-electron chi connectivity index (χ2n) is 4.31. The third-order valence-electron chi connectivity index (χ3n) is 2.68. The van der Waals surface area contributed by atoms with Crippen molar-refractivity contribution >= 4 is 46.7 Å². The summed E-state index contributed by atoms with van der Waals surface area (Å²) in [7, 11) is 0. The van der Waals surface area contributed by atoms with Crippen LogP contribution in [0.2, 0.25) is 10.0 Å². The Morgan fingerprint density at radius 1 is 1.23 bits per heavy atom. The van der Waals surface area contributed by atoms with Crippen molar-refractivity contribution in [2.24, 2.45) is 10.8 Å². The van der Waals surface area contributed by atoms with Crippen molar-refractivity contribution in [3.8, 4) is 5.75 Å². The van der Waals surface area contributed by atoms with Crippen LogP contribution in [0.1, 0.15) is 11.1 Å². The SMILES string of the molecule is NC(=S)N/N=C\c1ccccc1OCc1ccc(Cl)c(Cl)c1. The number of halogens is 2. The number of rotatable bonds is 5. The summed E-state index contributed by atoms with van der Waals surface area (Å²) < 4.78 is 5.79. The number of nitrogens with two attached hydrogens (primary N) is 1. The van der Waals surface area contributed by atoms with E-state index < -0.39 is 0 Å². The molecule has 0 radical (unpaired) electrons. The summed E-state index contributed by atoms with van der Waals surface area (Å²) in [4.78, 5) is 0. The monoisotopic (exact) mass is 353 g/mol. The molecule has 0 atom stereocenters. The predicted molar refractivity (Wildman–Crippen MR) is 94.8 cm³/mol. The Balaban J connectivity index is 2.07. The first-order valence-corrected chi connectivity index (χ1v) is 7.47. The van der Waals surface area contributed by atoms with Crippen molar-refractivity contribution in [3.63, 3.8) is 0 Å². The van der Waals surface area contributed by atoms with Gasteiger partial charge in [0.15, 0.2) is 5.11 Å². The molecule has 0 aliphatic carbocycles. The number of nitrogens with one attached hydrogen (secondary N) is 1. The second kappa shape index (κ2) is 7.98. The molecule has 2 aromatic carbocycles. The highest BCUT2D eigenvalue weighted by Crippen LogP contribution is 2.24. The van der Waals surface area contributed by atoms with E-state index in [1.165, 1.54) is 0 Å². The first-order valence-electron chi connectivity index (χ1n) is 6.30. The lowest BCUT2D eigenvalue weighted by Crippen LogP contribution is -2.24. The van der Waals surface area contributed by atoms with Crippen LogP contribution in [0.25, 0.3) is 0 Å². The van der Waals surface area contributed by atoms with Crippen LogP contribution in [0.15, 0.2) is 47.6 Å². The number of para-hydroxylation sites is 1. The van der Waals surface area contributed by atoms with Gasteiger partial charge in [-0.15, -0.1) is 0 Å². The van der Waals surface area contributed by atoms with Crippen LogP contribution in [0.3, 0.4) is 0 Å². The Hall–Kier alpha value is -1.82. The molecule has 0 aliphatic rings. The molecule has 3 N–H and O–H groups in total. The van der Waals surface area contributed by atoms with E-state index in [9.17, 15) is 0 Å². The van der Waals surface area contributed by atoms with Gasteiger partial charge in [0, 0.05) is 5.56 Å². The van der Waals surface area contributed by atoms with Crippen molar-refractivity contribution in [2.75, 3.05) is 0 Å². The molecule has 0 aromatic heterocycles. The van der Waals surface area contributed by atoms with Gasteiger partial charge < -0.3 is 10.5 Å². The summed E-state index contributed by atoms with van der Waals surface area (Å²) in [6, 6.07) is 12.8. The number of benzene rings is 2. The molecular weight excluding hydrogens is 341 g/mol. The van der Waals surface area contributed by atoms with Gasteiger partial charge in [0.1, 0.15) is 12.4 Å². The lowest BCUT2D eigenvalue weighted by molar-refractivity contribution is 0.306. The van der Waals surface area contributed by atoms with Gasteiger partial charge in [-0.1, -0.05) is 41.4 Å². The van der Waals surface area contributed by atoms with Gasteiger partial charge in [-0.05, 0) is 42.0 Å². The number of thiocarbonyl (C=S) groups is 1. The summed E-state index contributed by atoms with van der Waals surface area (Å²) >= 11 is 16.6. The maximum Gasteiger partial charge on any atom is 0.184 e. The van der Waals surface area contributed by atoms with E-state index in [2.05, 4.69) is 22.7 Å². The summed E-state index contributed by atoms with van der Waals surface area (Å²) in [6.45, 7) is 0.366. The molecule has 2 rings (SSSR count). The second-order valence-corrected chi connectivity index (χ2v) is 5.56. The van der Waals surface area contributed by atoms with E-state index in [-0.39, 0.29) is 5.11 Å². The highest BCUT2D eigenvalue weighted by atomic mass is 35.5. The summed E-state index contributed by atoms with van der Waals surface area (Å²) in [5.41, 5.74) is 9.52. The minimum Gasteiger partial charge on any atom is -0.488 e. The van der Waals surface area contributed by atoms with E-state index in [0.717, 1.165) is 11.1 Å². The van der Waals surface area contributed by atoms with Gasteiger partial charge in [-0.2, -0.15) is 5.10 Å². The molecule has 0 amide bonds. The molecule has 4 nitrogen and oxygen atoms in total. The average molecular weight is 354 g/mol. The van der Waals surface area contributed by atoms with E-state index >= 15 is 0 Å². The minimum absolute atomic E-state index is 0.102. The fourth-order valence-electron chi connectivity index (χ4n) is 1.67. The largest absolute Gasteiger partial charge is 0.488 e. The Morgan fingerprint density at radius 2 is 2.00 bits per heavy atom. The Bertz CT molecular complexity index is 707. The molecule has 0 saturated heterocycles. The maximum absolute atomic E-state index is 5.98. The van der Waals surface area contributed by atoms with Gasteiger partial charge in [0.25, 0.3) is 0 Å². The molecular formula is C15H13Cl2N3OS. The molecule has 114 valence electrons. The van der Waals surface area contributed by atoms with Crippen LogP contribution in [-0.4, -0.2) is 11.3 Å². The molecule has 0 unspecified atom stereocenters.